The number of amides is 1. The fourth-order valence-corrected chi connectivity index (χ4v) is 4.08. The molecular formula is C23H17FN4O4S. The molecule has 1 heterocycles. The Balaban J connectivity index is 1.64. The van der Waals surface area contributed by atoms with Gasteiger partial charge in [-0.25, -0.2) is 9.37 Å². The van der Waals surface area contributed by atoms with E-state index in [1.807, 2.05) is 0 Å². The van der Waals surface area contributed by atoms with Crippen molar-refractivity contribution in [2.45, 2.75) is 12.1 Å². The normalized spacial score (nSPS) is 10.8. The molecule has 0 aliphatic rings. The number of non-ortho nitro benzene ring substituents is 1. The molecule has 166 valence electrons. The van der Waals surface area contributed by atoms with Crippen LogP contribution >= 0.6 is 11.8 Å². The quantitative estimate of drug-likeness (QED) is 0.195. The van der Waals surface area contributed by atoms with Crippen LogP contribution < -0.4 is 10.9 Å². The Morgan fingerprint density at radius 2 is 1.88 bits per heavy atom. The number of para-hydroxylation sites is 2. The van der Waals surface area contributed by atoms with Gasteiger partial charge in [-0.15, -0.1) is 0 Å². The van der Waals surface area contributed by atoms with Gasteiger partial charge in [-0.3, -0.25) is 24.3 Å². The van der Waals surface area contributed by atoms with Gasteiger partial charge in [-0.2, -0.15) is 0 Å². The lowest BCUT2D eigenvalue weighted by Crippen LogP contribution is -2.23. The van der Waals surface area contributed by atoms with Crippen LogP contribution in [0.1, 0.15) is 5.56 Å². The number of aryl methyl sites for hydroxylation is 1. The molecule has 3 aromatic carbocycles. The number of nitrogens with zero attached hydrogens (tertiary/aromatic N) is 3. The number of carbonyl (C=O) groups is 1. The summed E-state index contributed by atoms with van der Waals surface area (Å²) in [6.45, 7) is 1.65. The zero-order chi connectivity index (χ0) is 23.5. The highest BCUT2D eigenvalue weighted by molar-refractivity contribution is 7.99. The maximum absolute atomic E-state index is 14.5. The van der Waals surface area contributed by atoms with Crippen molar-refractivity contribution in [2.75, 3.05) is 11.1 Å². The van der Waals surface area contributed by atoms with Crippen molar-refractivity contribution in [1.29, 1.82) is 0 Å². The summed E-state index contributed by atoms with van der Waals surface area (Å²) in [7, 11) is 0. The van der Waals surface area contributed by atoms with E-state index in [-0.39, 0.29) is 22.3 Å². The van der Waals surface area contributed by atoms with E-state index in [9.17, 15) is 24.1 Å². The van der Waals surface area contributed by atoms with E-state index in [1.165, 1.54) is 36.4 Å². The fourth-order valence-electron chi connectivity index (χ4n) is 3.27. The molecule has 0 saturated heterocycles. The maximum atomic E-state index is 14.5. The van der Waals surface area contributed by atoms with Gasteiger partial charge in [0.15, 0.2) is 5.16 Å². The van der Waals surface area contributed by atoms with E-state index in [0.717, 1.165) is 16.3 Å². The Morgan fingerprint density at radius 3 is 2.61 bits per heavy atom. The third-order valence-corrected chi connectivity index (χ3v) is 5.80. The molecule has 8 nitrogen and oxygen atoms in total. The highest BCUT2D eigenvalue weighted by atomic mass is 32.2. The maximum Gasteiger partial charge on any atom is 0.269 e. The van der Waals surface area contributed by atoms with Crippen LogP contribution in [-0.4, -0.2) is 26.1 Å². The minimum Gasteiger partial charge on any atom is -0.325 e. The van der Waals surface area contributed by atoms with E-state index in [0.29, 0.717) is 22.2 Å². The second kappa shape index (κ2) is 9.21. The first-order valence-corrected chi connectivity index (χ1v) is 10.8. The molecule has 10 heteroatoms. The molecule has 0 aliphatic carbocycles. The van der Waals surface area contributed by atoms with Gasteiger partial charge in [0.05, 0.1) is 27.3 Å². The molecule has 0 radical (unpaired) electrons. The smallest absolute Gasteiger partial charge is 0.269 e. The number of halogens is 1. The summed E-state index contributed by atoms with van der Waals surface area (Å²) in [5, 5.41) is 14.1. The average Bonchev–Trinajstić information content (AvgIpc) is 2.80. The molecule has 4 aromatic rings. The molecule has 0 aliphatic heterocycles. The lowest BCUT2D eigenvalue weighted by Gasteiger charge is -2.14. The second-order valence-electron chi connectivity index (χ2n) is 7.10. The van der Waals surface area contributed by atoms with Crippen LogP contribution in [-0.2, 0) is 4.79 Å². The number of nitro benzene ring substituents is 1. The minimum absolute atomic E-state index is 0.0369. The van der Waals surface area contributed by atoms with Gasteiger partial charge in [-0.1, -0.05) is 36.0 Å². The summed E-state index contributed by atoms with van der Waals surface area (Å²) in [6.07, 6.45) is 0. The first-order chi connectivity index (χ1) is 15.8. The van der Waals surface area contributed by atoms with Gasteiger partial charge in [0.2, 0.25) is 5.91 Å². The van der Waals surface area contributed by atoms with Crippen LogP contribution in [0, 0.1) is 22.9 Å². The molecule has 0 fully saturated rings. The predicted octanol–water partition coefficient (Wildman–Crippen LogP) is 4.47. The molecule has 0 saturated carbocycles. The number of nitro groups is 1. The van der Waals surface area contributed by atoms with E-state index < -0.39 is 22.2 Å². The van der Waals surface area contributed by atoms with Gasteiger partial charge in [0.1, 0.15) is 5.82 Å². The summed E-state index contributed by atoms with van der Waals surface area (Å²) >= 11 is 0.986. The van der Waals surface area contributed by atoms with Gasteiger partial charge >= 0.3 is 0 Å². The predicted molar refractivity (Wildman–Crippen MR) is 124 cm³/mol. The third-order valence-electron chi connectivity index (χ3n) is 4.87. The van der Waals surface area contributed by atoms with E-state index in [4.69, 9.17) is 0 Å². The first-order valence-electron chi connectivity index (χ1n) is 9.79. The second-order valence-corrected chi connectivity index (χ2v) is 8.04. The van der Waals surface area contributed by atoms with Crippen LogP contribution in [0.5, 0.6) is 0 Å². The number of thioether (sulfide) groups is 1. The molecule has 4 rings (SSSR count). The highest BCUT2D eigenvalue weighted by Crippen LogP contribution is 2.24. The molecular weight excluding hydrogens is 447 g/mol. The highest BCUT2D eigenvalue weighted by Gasteiger charge is 2.17. The number of nitrogens with one attached hydrogen (secondary N) is 1. The number of aromatic nitrogens is 2. The minimum atomic E-state index is -0.593. The van der Waals surface area contributed by atoms with Gasteiger partial charge < -0.3 is 5.32 Å². The molecule has 33 heavy (non-hydrogen) atoms. The summed E-state index contributed by atoms with van der Waals surface area (Å²) in [5.74, 6) is -1.11. The van der Waals surface area contributed by atoms with Gasteiger partial charge in [-0.05, 0) is 42.8 Å². The summed E-state index contributed by atoms with van der Waals surface area (Å²) in [4.78, 5) is 40.6. The molecule has 1 amide bonds. The zero-order valence-electron chi connectivity index (χ0n) is 17.3. The number of fused-ring (bicyclic) bond motifs is 1. The lowest BCUT2D eigenvalue weighted by molar-refractivity contribution is -0.384. The largest absolute Gasteiger partial charge is 0.325 e. The molecule has 0 bridgehead atoms. The fraction of sp³-hybridized carbons (Fsp3) is 0.0870. The zero-order valence-corrected chi connectivity index (χ0v) is 18.1. The number of hydrogen-bond acceptors (Lipinski definition) is 6. The van der Waals surface area contributed by atoms with Crippen molar-refractivity contribution < 1.29 is 14.1 Å². The Morgan fingerprint density at radius 1 is 1.15 bits per heavy atom. The van der Waals surface area contributed by atoms with Crippen LogP contribution in [0.25, 0.3) is 16.6 Å². The van der Waals surface area contributed by atoms with Crippen molar-refractivity contribution in [1.82, 2.24) is 9.55 Å². The molecule has 1 N–H and O–H groups in total. The number of rotatable bonds is 6. The number of anilines is 1. The molecule has 0 spiro atoms. The summed E-state index contributed by atoms with van der Waals surface area (Å²) < 4.78 is 15.7. The summed E-state index contributed by atoms with van der Waals surface area (Å²) in [5.41, 5.74) is 0.923. The molecule has 1 aromatic heterocycles. The van der Waals surface area contributed by atoms with E-state index in [1.54, 1.807) is 37.3 Å². The Hall–Kier alpha value is -4.05. The summed E-state index contributed by atoms with van der Waals surface area (Å²) in [6, 6.07) is 16.7. The van der Waals surface area contributed by atoms with Crippen molar-refractivity contribution in [3.63, 3.8) is 0 Å². The van der Waals surface area contributed by atoms with Crippen LogP contribution in [0.15, 0.2) is 76.7 Å². The van der Waals surface area contributed by atoms with Crippen LogP contribution in [0.3, 0.4) is 0 Å². The SMILES string of the molecule is Cc1cc([N+](=O)[O-])ccc1NC(=O)CSc1nc2ccccc2c(=O)n1-c1ccccc1F. The first kappa shape index (κ1) is 22.2. The average molecular weight is 464 g/mol. The van der Waals surface area contributed by atoms with Crippen molar-refractivity contribution in [3.8, 4) is 5.69 Å². The van der Waals surface area contributed by atoms with E-state index >= 15 is 0 Å². The van der Waals surface area contributed by atoms with Gasteiger partial charge in [0, 0.05) is 17.8 Å². The van der Waals surface area contributed by atoms with Crippen molar-refractivity contribution in [3.05, 3.63) is 98.6 Å². The Kier molecular flexibility index (Phi) is 6.18. The van der Waals surface area contributed by atoms with Crippen molar-refractivity contribution in [2.24, 2.45) is 0 Å². The lowest BCUT2D eigenvalue weighted by atomic mass is 10.2. The third kappa shape index (κ3) is 4.60. The molecule has 0 atom stereocenters. The number of carbonyl (C=O) groups excluding carboxylic acids is 1. The van der Waals surface area contributed by atoms with Crippen LogP contribution in [0.2, 0.25) is 0 Å². The molecule has 0 unspecified atom stereocenters. The Labute approximate surface area is 191 Å². The van der Waals surface area contributed by atoms with Gasteiger partial charge in [0.25, 0.3) is 11.2 Å². The van der Waals surface area contributed by atoms with Crippen molar-refractivity contribution >= 4 is 39.9 Å². The standard InChI is InChI=1S/C23H17FN4O4S/c1-14-12-15(28(31)32)10-11-18(14)25-21(29)13-33-23-26-19-8-4-2-6-16(19)22(30)27(23)20-9-5-3-7-17(20)24/h2-12H,13H2,1H3,(H,25,29). The number of benzene rings is 3. The Bertz CT molecular complexity index is 1450. The topological polar surface area (TPSA) is 107 Å². The van der Waals surface area contributed by atoms with Crippen LogP contribution in [0.4, 0.5) is 15.8 Å². The number of hydrogen-bond donors (Lipinski definition) is 1. The van der Waals surface area contributed by atoms with E-state index in [2.05, 4.69) is 10.3 Å². The monoisotopic (exact) mass is 464 g/mol.